The lowest BCUT2D eigenvalue weighted by Crippen LogP contribution is -2.10. The van der Waals surface area contributed by atoms with Crippen LogP contribution in [0.15, 0.2) is 24.3 Å². The van der Waals surface area contributed by atoms with Crippen molar-refractivity contribution in [3.63, 3.8) is 0 Å². The van der Waals surface area contributed by atoms with Crippen LogP contribution in [0.25, 0.3) is 0 Å². The summed E-state index contributed by atoms with van der Waals surface area (Å²) in [6, 6.07) is 1.66. The first-order chi connectivity index (χ1) is 9.79. The average Bonchev–Trinajstić information content (AvgIpc) is 2.60. The van der Waals surface area contributed by atoms with Crippen LogP contribution in [-0.4, -0.2) is 0 Å². The van der Waals surface area contributed by atoms with Gasteiger partial charge >= 0.3 is 0 Å². The molecule has 0 bridgehead atoms. The molecule has 2 rings (SSSR count). The summed E-state index contributed by atoms with van der Waals surface area (Å²) in [5.74, 6) is 0.630. The first-order valence-corrected chi connectivity index (χ1v) is 8.12. The van der Waals surface area contributed by atoms with Crippen molar-refractivity contribution in [2.45, 2.75) is 77.0 Å². The molecule has 0 unspecified atom stereocenters. The Balaban J connectivity index is 2.13. The summed E-state index contributed by atoms with van der Waals surface area (Å²) in [6.45, 7) is 0. The molecule has 0 amide bonds. The van der Waals surface area contributed by atoms with E-state index in [4.69, 9.17) is 2.74 Å². The molecule has 0 aromatic carbocycles. The van der Waals surface area contributed by atoms with E-state index in [9.17, 15) is 0 Å². The molecule has 0 heterocycles. The van der Waals surface area contributed by atoms with E-state index in [-0.39, 0.29) is 0 Å². The monoisotopic (exact) mass is 248 g/mol. The fourth-order valence-electron chi connectivity index (χ4n) is 3.20. The van der Waals surface area contributed by atoms with Gasteiger partial charge in [0, 0.05) is 0 Å². The van der Waals surface area contributed by atoms with Gasteiger partial charge in [0.2, 0.25) is 0 Å². The topological polar surface area (TPSA) is 0 Å². The van der Waals surface area contributed by atoms with E-state index in [0.29, 0.717) is 11.8 Å². The predicted octanol–water partition coefficient (Wildman–Crippen LogP) is 6.04. The molecular formula is C18H30. The van der Waals surface area contributed by atoms with Gasteiger partial charge in [0.15, 0.2) is 0 Å². The maximum Gasteiger partial charge on any atom is 0.0576 e. The van der Waals surface area contributed by atoms with E-state index in [1.54, 1.807) is 0 Å². The fourth-order valence-corrected chi connectivity index (χ4v) is 3.20. The Hall–Kier alpha value is -0.520. The molecule has 0 fully saturated rings. The molecule has 0 saturated heterocycles. The Bertz CT molecular complexity index is 309. The molecule has 2 atom stereocenters. The second-order valence-corrected chi connectivity index (χ2v) is 5.94. The third-order valence-corrected chi connectivity index (χ3v) is 4.38. The normalized spacial score (nSPS) is 40.0. The van der Waals surface area contributed by atoms with Crippen molar-refractivity contribution in [2.75, 3.05) is 0 Å². The molecule has 0 radical (unpaired) electrons. The van der Waals surface area contributed by atoms with Crippen LogP contribution >= 0.6 is 0 Å². The van der Waals surface area contributed by atoms with Crippen molar-refractivity contribution < 1.29 is 2.74 Å². The van der Waals surface area contributed by atoms with Crippen LogP contribution in [0, 0.1) is 11.8 Å². The summed E-state index contributed by atoms with van der Waals surface area (Å²) in [7, 11) is 0. The fraction of sp³-hybridized carbons (Fsp3) is 0.778. The van der Waals surface area contributed by atoms with Crippen LogP contribution in [-0.2, 0) is 0 Å². The molecule has 0 N–H and O–H groups in total. The zero-order valence-corrected chi connectivity index (χ0v) is 11.8. The van der Waals surface area contributed by atoms with Crippen molar-refractivity contribution in [3.8, 4) is 0 Å². The maximum absolute atomic E-state index is 8.42. The number of rotatable bonds is 1. The maximum atomic E-state index is 8.42. The second kappa shape index (κ2) is 8.56. The molecule has 2 aliphatic rings. The van der Waals surface area contributed by atoms with Crippen LogP contribution in [0.2, 0.25) is 0 Å². The van der Waals surface area contributed by atoms with Crippen molar-refractivity contribution in [1.29, 1.82) is 0 Å². The van der Waals surface area contributed by atoms with Crippen LogP contribution < -0.4 is 0 Å². The highest BCUT2D eigenvalue weighted by Gasteiger charge is 2.17. The van der Waals surface area contributed by atoms with Crippen molar-refractivity contribution >= 4 is 0 Å². The van der Waals surface area contributed by atoms with Gasteiger partial charge in [-0.15, -0.1) is 0 Å². The van der Waals surface area contributed by atoms with Gasteiger partial charge in [0.05, 0.1) is 2.74 Å². The van der Waals surface area contributed by atoms with Crippen molar-refractivity contribution in [1.82, 2.24) is 0 Å². The van der Waals surface area contributed by atoms with E-state index in [1.807, 2.05) is 0 Å². The Kier molecular flexibility index (Phi) is 5.38. The minimum atomic E-state index is 0.315. The van der Waals surface area contributed by atoms with E-state index >= 15 is 0 Å². The highest BCUT2D eigenvalue weighted by atomic mass is 14.2. The van der Waals surface area contributed by atoms with Crippen LogP contribution in [0.5, 0.6) is 0 Å². The van der Waals surface area contributed by atoms with Gasteiger partial charge in [0.25, 0.3) is 0 Å². The summed E-state index contributed by atoms with van der Waals surface area (Å²) < 4.78 is 16.8. The van der Waals surface area contributed by atoms with Gasteiger partial charge in [-0.1, -0.05) is 62.8 Å². The van der Waals surface area contributed by atoms with E-state index in [2.05, 4.69) is 12.2 Å². The summed E-state index contributed by atoms with van der Waals surface area (Å²) >= 11 is 0. The number of hydrogen-bond donors (Lipinski definition) is 0. The predicted molar refractivity (Wildman–Crippen MR) is 80.7 cm³/mol. The number of hydrogen-bond acceptors (Lipinski definition) is 0. The summed E-state index contributed by atoms with van der Waals surface area (Å²) in [5, 5.41) is 0. The summed E-state index contributed by atoms with van der Waals surface area (Å²) in [4.78, 5) is 0. The van der Waals surface area contributed by atoms with Gasteiger partial charge in [0.1, 0.15) is 0 Å². The Morgan fingerprint density at radius 2 is 1.06 bits per heavy atom. The smallest absolute Gasteiger partial charge is 0.0576 e. The quantitative estimate of drug-likeness (QED) is 0.496. The third-order valence-electron chi connectivity index (χ3n) is 4.38. The van der Waals surface area contributed by atoms with Gasteiger partial charge in [-0.2, -0.15) is 0 Å². The lowest BCUT2D eigenvalue weighted by Gasteiger charge is -2.21. The highest BCUT2D eigenvalue weighted by molar-refractivity contribution is 5.00. The van der Waals surface area contributed by atoms with E-state index in [1.165, 1.54) is 51.4 Å². The summed E-state index contributed by atoms with van der Waals surface area (Å²) in [6.07, 6.45) is 18.9. The minimum absolute atomic E-state index is 0.315. The number of allylic oxidation sites excluding steroid dienone is 4. The molecule has 2 aliphatic carbocycles. The van der Waals surface area contributed by atoms with Gasteiger partial charge in [-0.3, -0.25) is 0 Å². The van der Waals surface area contributed by atoms with Crippen molar-refractivity contribution in [3.05, 3.63) is 24.3 Å². The standard InChI is InChI=1S/C18H30/c1-2-6-10-14-17(13-9-5-1)18-15-11-7-3-4-8-12-16-18/h9,11,13,15,17-18H,1-8,10,12,14,16H2/b13-9-,15-11-/t17-,18-/m0/s1/i13D,15D. The Labute approximate surface area is 116 Å². The van der Waals surface area contributed by atoms with Gasteiger partial charge < -0.3 is 0 Å². The SMILES string of the molecule is [2H]/C1=C/CCCCCC[C@H]1[C@@H]1CCCCCC/C=C\1[2H]. The first kappa shape index (κ1) is 11.3. The lowest BCUT2D eigenvalue weighted by molar-refractivity contribution is 0.392. The zero-order valence-electron chi connectivity index (χ0n) is 13.8. The molecule has 0 heteroatoms. The molecule has 0 spiro atoms. The largest absolute Gasteiger partial charge is 0.0882 e. The molecule has 0 aromatic heterocycles. The van der Waals surface area contributed by atoms with E-state index in [0.717, 1.165) is 37.8 Å². The average molecular weight is 248 g/mol. The molecular weight excluding hydrogens is 216 g/mol. The second-order valence-electron chi connectivity index (χ2n) is 5.94. The minimum Gasteiger partial charge on any atom is -0.0882 e. The molecule has 0 aliphatic heterocycles. The van der Waals surface area contributed by atoms with E-state index < -0.39 is 0 Å². The van der Waals surface area contributed by atoms with Gasteiger partial charge in [-0.25, -0.2) is 0 Å². The molecule has 0 saturated carbocycles. The van der Waals surface area contributed by atoms with Crippen LogP contribution in [0.4, 0.5) is 0 Å². The van der Waals surface area contributed by atoms with Gasteiger partial charge in [-0.05, 0) is 50.4 Å². The van der Waals surface area contributed by atoms with Crippen molar-refractivity contribution in [2.24, 2.45) is 11.8 Å². The lowest BCUT2D eigenvalue weighted by atomic mass is 9.84. The molecule has 18 heavy (non-hydrogen) atoms. The summed E-state index contributed by atoms with van der Waals surface area (Å²) in [5.41, 5.74) is 0. The zero-order chi connectivity index (χ0) is 14.2. The van der Waals surface area contributed by atoms with Crippen LogP contribution in [0.3, 0.4) is 0 Å². The molecule has 0 aromatic rings. The Morgan fingerprint density at radius 3 is 1.56 bits per heavy atom. The third kappa shape index (κ3) is 5.00. The Morgan fingerprint density at radius 1 is 0.611 bits per heavy atom. The molecule has 102 valence electrons. The van der Waals surface area contributed by atoms with Crippen LogP contribution in [0.1, 0.15) is 79.8 Å². The molecule has 0 nitrogen and oxygen atoms in total. The first-order valence-electron chi connectivity index (χ1n) is 9.12. The highest BCUT2D eigenvalue weighted by Crippen LogP contribution is 2.29.